The summed E-state index contributed by atoms with van der Waals surface area (Å²) in [4.78, 5) is 4.17. The number of anilines is 1. The number of piperidine rings is 1. The Hall–Kier alpha value is -0.980. The third-order valence-corrected chi connectivity index (χ3v) is 2.81. The number of aliphatic hydroxyl groups is 1. The number of hydrogen-bond acceptors (Lipinski definition) is 6. The first-order chi connectivity index (χ1) is 7.65. The molecule has 1 aliphatic rings. The Kier molecular flexibility index (Phi) is 3.52. The van der Waals surface area contributed by atoms with E-state index < -0.39 is 0 Å². The quantitative estimate of drug-likeness (QED) is 0.677. The summed E-state index contributed by atoms with van der Waals surface area (Å²) in [6.07, 6.45) is 0.352. The van der Waals surface area contributed by atoms with Crippen molar-refractivity contribution in [2.75, 3.05) is 18.4 Å². The van der Waals surface area contributed by atoms with Gasteiger partial charge in [-0.25, -0.2) is 4.98 Å². The monoisotopic (exact) mass is 243 g/mol. The smallest absolute Gasteiger partial charge is 0.243 e. The van der Waals surface area contributed by atoms with E-state index in [0.717, 1.165) is 6.54 Å². The van der Waals surface area contributed by atoms with E-state index in [1.165, 1.54) is 0 Å². The molecule has 0 spiro atoms. The lowest BCUT2D eigenvalue weighted by Crippen LogP contribution is -2.46. The Balaban J connectivity index is 2.00. The number of nitrogens with zero attached hydrogens (tertiary/aromatic N) is 3. The van der Waals surface area contributed by atoms with Crippen molar-refractivity contribution in [1.29, 1.82) is 0 Å². The van der Waals surface area contributed by atoms with E-state index in [-0.39, 0.29) is 12.1 Å². The van der Waals surface area contributed by atoms with Crippen LogP contribution in [0.4, 0.5) is 5.95 Å². The first-order valence-electron chi connectivity index (χ1n) is 5.17. The van der Waals surface area contributed by atoms with Crippen LogP contribution >= 0.6 is 11.6 Å². The maximum Gasteiger partial charge on any atom is 0.243 e. The van der Waals surface area contributed by atoms with Crippen LogP contribution in [-0.4, -0.2) is 45.5 Å². The zero-order valence-corrected chi connectivity index (χ0v) is 9.70. The number of aryl methyl sites for hydroxylation is 1. The Morgan fingerprint density at radius 1 is 1.44 bits per heavy atom. The number of hydrogen-bond donors (Lipinski definition) is 3. The number of β-amino-alcohol motifs (C(OH)–C–C–N with tert-alkyl or cyclic N) is 1. The lowest BCUT2D eigenvalue weighted by molar-refractivity contribution is 0.136. The molecule has 0 saturated carbocycles. The van der Waals surface area contributed by atoms with Crippen LogP contribution in [0.25, 0.3) is 0 Å². The Bertz CT molecular complexity index is 375. The first kappa shape index (κ1) is 11.5. The average molecular weight is 244 g/mol. The SMILES string of the molecule is Cc1nc(N[C@H]2CNC[C@@H](O)C2)nnc1Cl. The van der Waals surface area contributed by atoms with Gasteiger partial charge in [-0.3, -0.25) is 0 Å². The molecule has 1 fully saturated rings. The number of nitrogens with one attached hydrogen (secondary N) is 2. The fraction of sp³-hybridized carbons (Fsp3) is 0.667. The summed E-state index contributed by atoms with van der Waals surface area (Å²) >= 11 is 5.73. The molecule has 0 aromatic carbocycles. The highest BCUT2D eigenvalue weighted by atomic mass is 35.5. The Morgan fingerprint density at radius 2 is 2.25 bits per heavy atom. The summed E-state index contributed by atoms with van der Waals surface area (Å²) in [6, 6.07) is 0.117. The molecule has 0 radical (unpaired) electrons. The van der Waals surface area contributed by atoms with E-state index in [9.17, 15) is 5.11 Å². The van der Waals surface area contributed by atoms with Gasteiger partial charge in [-0.2, -0.15) is 0 Å². The van der Waals surface area contributed by atoms with E-state index in [2.05, 4.69) is 25.8 Å². The molecule has 7 heteroatoms. The second-order valence-electron chi connectivity index (χ2n) is 3.90. The van der Waals surface area contributed by atoms with Crippen LogP contribution < -0.4 is 10.6 Å². The van der Waals surface area contributed by atoms with Crippen LogP contribution in [0.5, 0.6) is 0 Å². The topological polar surface area (TPSA) is 83.0 Å². The molecule has 1 aromatic heterocycles. The predicted molar refractivity (Wildman–Crippen MR) is 60.5 cm³/mol. The van der Waals surface area contributed by atoms with Gasteiger partial charge in [0.15, 0.2) is 5.15 Å². The van der Waals surface area contributed by atoms with Gasteiger partial charge in [0.05, 0.1) is 11.8 Å². The zero-order chi connectivity index (χ0) is 11.5. The molecule has 0 amide bonds. The predicted octanol–water partition coefficient (Wildman–Crippen LogP) is -0.0319. The highest BCUT2D eigenvalue weighted by Crippen LogP contribution is 2.12. The minimum absolute atomic E-state index is 0.117. The lowest BCUT2D eigenvalue weighted by atomic mass is 10.1. The molecular formula is C9H14ClN5O. The molecule has 2 atom stereocenters. The van der Waals surface area contributed by atoms with Crippen LogP contribution in [0, 0.1) is 6.92 Å². The molecule has 1 saturated heterocycles. The fourth-order valence-corrected chi connectivity index (χ4v) is 1.74. The minimum atomic E-state index is -0.326. The van der Waals surface area contributed by atoms with Crippen molar-refractivity contribution >= 4 is 17.5 Å². The van der Waals surface area contributed by atoms with Crippen molar-refractivity contribution < 1.29 is 5.11 Å². The van der Waals surface area contributed by atoms with E-state index >= 15 is 0 Å². The molecule has 2 rings (SSSR count). The maximum atomic E-state index is 9.48. The molecule has 0 aliphatic carbocycles. The summed E-state index contributed by atoms with van der Waals surface area (Å²) in [6.45, 7) is 3.19. The standard InChI is InChI=1S/C9H14ClN5O/c1-5-8(10)14-15-9(12-5)13-6-2-7(16)4-11-3-6/h6-7,11,16H,2-4H2,1H3,(H,12,13,15)/t6-,7+/m1/s1. The summed E-state index contributed by atoms with van der Waals surface area (Å²) in [5.74, 6) is 0.447. The van der Waals surface area contributed by atoms with E-state index in [0.29, 0.717) is 29.8 Å². The van der Waals surface area contributed by atoms with Gasteiger partial charge in [0, 0.05) is 19.1 Å². The van der Waals surface area contributed by atoms with Crippen LogP contribution in [0.1, 0.15) is 12.1 Å². The molecule has 6 nitrogen and oxygen atoms in total. The van der Waals surface area contributed by atoms with Gasteiger partial charge >= 0.3 is 0 Å². The maximum absolute atomic E-state index is 9.48. The van der Waals surface area contributed by atoms with Crippen molar-refractivity contribution in [3.8, 4) is 0 Å². The average Bonchev–Trinajstić information content (AvgIpc) is 2.24. The van der Waals surface area contributed by atoms with Gasteiger partial charge in [-0.1, -0.05) is 11.6 Å². The second kappa shape index (κ2) is 4.90. The largest absolute Gasteiger partial charge is 0.392 e. The number of aliphatic hydroxyl groups excluding tert-OH is 1. The Morgan fingerprint density at radius 3 is 2.94 bits per heavy atom. The van der Waals surface area contributed by atoms with Crippen LogP contribution in [-0.2, 0) is 0 Å². The molecule has 0 unspecified atom stereocenters. The molecular weight excluding hydrogens is 230 g/mol. The summed E-state index contributed by atoms with van der Waals surface area (Å²) in [7, 11) is 0. The van der Waals surface area contributed by atoms with Crippen LogP contribution in [0.15, 0.2) is 0 Å². The van der Waals surface area contributed by atoms with Crippen molar-refractivity contribution in [2.45, 2.75) is 25.5 Å². The van der Waals surface area contributed by atoms with E-state index in [1.807, 2.05) is 0 Å². The fourth-order valence-electron chi connectivity index (χ4n) is 1.66. The van der Waals surface area contributed by atoms with Gasteiger partial charge in [0.2, 0.25) is 5.95 Å². The van der Waals surface area contributed by atoms with Crippen LogP contribution in [0.2, 0.25) is 5.15 Å². The molecule has 16 heavy (non-hydrogen) atoms. The van der Waals surface area contributed by atoms with Crippen LogP contribution in [0.3, 0.4) is 0 Å². The van der Waals surface area contributed by atoms with Crippen molar-refractivity contribution in [3.05, 3.63) is 10.8 Å². The van der Waals surface area contributed by atoms with E-state index in [4.69, 9.17) is 11.6 Å². The number of aromatic nitrogens is 3. The summed E-state index contributed by atoms with van der Waals surface area (Å²) in [5, 5.41) is 23.6. The van der Waals surface area contributed by atoms with E-state index in [1.54, 1.807) is 6.92 Å². The third-order valence-electron chi connectivity index (χ3n) is 2.47. The molecule has 1 aromatic rings. The van der Waals surface area contributed by atoms with Crippen molar-refractivity contribution in [3.63, 3.8) is 0 Å². The third kappa shape index (κ3) is 2.78. The second-order valence-corrected chi connectivity index (χ2v) is 4.26. The van der Waals surface area contributed by atoms with Gasteiger partial charge in [-0.05, 0) is 13.3 Å². The highest BCUT2D eigenvalue weighted by molar-refractivity contribution is 6.29. The lowest BCUT2D eigenvalue weighted by Gasteiger charge is -2.27. The first-order valence-corrected chi connectivity index (χ1v) is 5.55. The van der Waals surface area contributed by atoms with Gasteiger partial charge in [-0.15, -0.1) is 10.2 Å². The molecule has 88 valence electrons. The number of halogens is 1. The van der Waals surface area contributed by atoms with Gasteiger partial charge in [0.1, 0.15) is 0 Å². The van der Waals surface area contributed by atoms with Gasteiger partial charge in [0.25, 0.3) is 0 Å². The zero-order valence-electron chi connectivity index (χ0n) is 8.94. The highest BCUT2D eigenvalue weighted by Gasteiger charge is 2.20. The normalized spacial score (nSPS) is 25.4. The van der Waals surface area contributed by atoms with Crippen molar-refractivity contribution in [1.82, 2.24) is 20.5 Å². The van der Waals surface area contributed by atoms with Crippen molar-refractivity contribution in [2.24, 2.45) is 0 Å². The van der Waals surface area contributed by atoms with Gasteiger partial charge < -0.3 is 15.7 Å². The molecule has 1 aliphatic heterocycles. The summed E-state index contributed by atoms with van der Waals surface area (Å²) in [5.41, 5.74) is 0.642. The molecule has 2 heterocycles. The summed E-state index contributed by atoms with van der Waals surface area (Å²) < 4.78 is 0. The minimum Gasteiger partial charge on any atom is -0.392 e. The Labute approximate surface area is 98.4 Å². The molecule has 3 N–H and O–H groups in total. The number of rotatable bonds is 2. The molecule has 0 bridgehead atoms.